The van der Waals surface area contributed by atoms with Gasteiger partial charge >= 0.3 is 0 Å². The molecule has 0 saturated carbocycles. The molecule has 4 rings (SSSR count). The molecule has 1 aromatic carbocycles. The van der Waals surface area contributed by atoms with Crippen LogP contribution in [0, 0.1) is 13.8 Å². The molecule has 0 aliphatic rings. The molecule has 0 atom stereocenters. The van der Waals surface area contributed by atoms with E-state index in [9.17, 15) is 4.79 Å². The number of anilines is 1. The molecule has 26 heavy (non-hydrogen) atoms. The zero-order valence-corrected chi connectivity index (χ0v) is 14.6. The van der Waals surface area contributed by atoms with Crippen LogP contribution in [0.1, 0.15) is 17.0 Å². The van der Waals surface area contributed by atoms with Crippen molar-refractivity contribution in [3.8, 4) is 11.3 Å². The van der Waals surface area contributed by atoms with E-state index in [-0.39, 0.29) is 12.3 Å². The molecule has 6 heteroatoms. The van der Waals surface area contributed by atoms with E-state index in [4.69, 9.17) is 4.52 Å². The molecule has 0 saturated heterocycles. The first-order valence-corrected chi connectivity index (χ1v) is 8.37. The smallest absolute Gasteiger partial charge is 0.230 e. The van der Waals surface area contributed by atoms with Crippen molar-refractivity contribution < 1.29 is 9.32 Å². The summed E-state index contributed by atoms with van der Waals surface area (Å²) in [5.41, 5.74) is 4.02. The van der Waals surface area contributed by atoms with Gasteiger partial charge in [0.2, 0.25) is 5.91 Å². The first kappa shape index (κ1) is 16.1. The van der Waals surface area contributed by atoms with Crippen LogP contribution in [-0.2, 0) is 11.2 Å². The molecule has 0 bridgehead atoms. The summed E-state index contributed by atoms with van der Waals surface area (Å²) in [4.78, 5) is 17.4. The summed E-state index contributed by atoms with van der Waals surface area (Å²) in [6.07, 6.45) is 2.09. The Morgan fingerprint density at radius 1 is 1.12 bits per heavy atom. The van der Waals surface area contributed by atoms with Crippen LogP contribution in [0.5, 0.6) is 0 Å². The highest BCUT2D eigenvalue weighted by Crippen LogP contribution is 2.28. The van der Waals surface area contributed by atoms with Gasteiger partial charge in [0.1, 0.15) is 22.9 Å². The van der Waals surface area contributed by atoms with Crippen LogP contribution < -0.4 is 5.32 Å². The van der Waals surface area contributed by atoms with E-state index in [2.05, 4.69) is 15.5 Å². The van der Waals surface area contributed by atoms with Gasteiger partial charge < -0.3 is 9.84 Å². The van der Waals surface area contributed by atoms with Crippen molar-refractivity contribution in [1.29, 1.82) is 0 Å². The molecule has 1 N–H and O–H groups in total. The van der Waals surface area contributed by atoms with Crippen LogP contribution in [0.4, 0.5) is 5.82 Å². The van der Waals surface area contributed by atoms with E-state index in [1.165, 1.54) is 0 Å². The summed E-state index contributed by atoms with van der Waals surface area (Å²) in [6.45, 7) is 3.65. The van der Waals surface area contributed by atoms with Gasteiger partial charge in [-0.3, -0.25) is 9.20 Å². The summed E-state index contributed by atoms with van der Waals surface area (Å²) in [6, 6.07) is 15.6. The summed E-state index contributed by atoms with van der Waals surface area (Å²) >= 11 is 0. The monoisotopic (exact) mass is 346 g/mol. The third kappa shape index (κ3) is 2.86. The van der Waals surface area contributed by atoms with E-state index in [0.717, 1.165) is 28.2 Å². The van der Waals surface area contributed by atoms with E-state index in [1.54, 1.807) is 0 Å². The van der Waals surface area contributed by atoms with Crippen molar-refractivity contribution in [1.82, 2.24) is 14.5 Å². The number of rotatable bonds is 4. The minimum Gasteiger partial charge on any atom is -0.361 e. The predicted molar refractivity (Wildman–Crippen MR) is 98.9 cm³/mol. The second-order valence-electron chi connectivity index (χ2n) is 6.13. The number of aryl methyl sites for hydroxylation is 2. The fourth-order valence-electron chi connectivity index (χ4n) is 3.00. The minimum atomic E-state index is -0.137. The summed E-state index contributed by atoms with van der Waals surface area (Å²) < 4.78 is 7.03. The lowest BCUT2D eigenvalue weighted by atomic mass is 10.1. The van der Waals surface area contributed by atoms with Crippen LogP contribution in [-0.4, -0.2) is 20.4 Å². The van der Waals surface area contributed by atoms with Crippen LogP contribution in [0.3, 0.4) is 0 Å². The second kappa shape index (κ2) is 6.48. The highest BCUT2D eigenvalue weighted by molar-refractivity contribution is 5.95. The van der Waals surface area contributed by atoms with E-state index in [0.29, 0.717) is 11.6 Å². The Kier molecular flexibility index (Phi) is 4.01. The molecular formula is C20H18N4O2. The van der Waals surface area contributed by atoms with Gasteiger partial charge in [-0.05, 0) is 26.0 Å². The van der Waals surface area contributed by atoms with Crippen molar-refractivity contribution in [2.75, 3.05) is 5.32 Å². The Labute approximate surface area is 150 Å². The van der Waals surface area contributed by atoms with Gasteiger partial charge in [-0.15, -0.1) is 0 Å². The number of nitrogens with zero attached hydrogens (tertiary/aromatic N) is 3. The molecule has 3 aromatic heterocycles. The highest BCUT2D eigenvalue weighted by Gasteiger charge is 2.18. The lowest BCUT2D eigenvalue weighted by molar-refractivity contribution is -0.115. The fraction of sp³-hybridized carbons (Fsp3) is 0.150. The van der Waals surface area contributed by atoms with E-state index < -0.39 is 0 Å². The number of benzene rings is 1. The molecule has 0 radical (unpaired) electrons. The van der Waals surface area contributed by atoms with Gasteiger partial charge in [0.15, 0.2) is 0 Å². The second-order valence-corrected chi connectivity index (χ2v) is 6.13. The maximum atomic E-state index is 12.7. The topological polar surface area (TPSA) is 72.4 Å². The summed E-state index contributed by atoms with van der Waals surface area (Å²) in [5.74, 6) is 1.19. The first-order chi connectivity index (χ1) is 12.6. The Hall–Kier alpha value is -3.41. The fourth-order valence-corrected chi connectivity index (χ4v) is 3.00. The average Bonchev–Trinajstić information content (AvgIpc) is 3.18. The molecule has 1 amide bonds. The van der Waals surface area contributed by atoms with Gasteiger partial charge in [-0.2, -0.15) is 0 Å². The van der Waals surface area contributed by atoms with Gasteiger partial charge in [0.05, 0.1) is 12.1 Å². The van der Waals surface area contributed by atoms with Crippen molar-refractivity contribution in [2.24, 2.45) is 0 Å². The van der Waals surface area contributed by atoms with Crippen molar-refractivity contribution in [2.45, 2.75) is 20.3 Å². The van der Waals surface area contributed by atoms with Crippen LogP contribution in [0.25, 0.3) is 16.9 Å². The third-order valence-corrected chi connectivity index (χ3v) is 4.35. The van der Waals surface area contributed by atoms with Crippen LogP contribution in [0.15, 0.2) is 59.3 Å². The van der Waals surface area contributed by atoms with Gasteiger partial charge in [-0.1, -0.05) is 41.6 Å². The third-order valence-electron chi connectivity index (χ3n) is 4.35. The average molecular weight is 346 g/mol. The number of fused-ring (bicyclic) bond motifs is 1. The first-order valence-electron chi connectivity index (χ1n) is 8.37. The van der Waals surface area contributed by atoms with E-state index in [1.807, 2.05) is 73.0 Å². The number of carbonyl (C=O) groups is 1. The Morgan fingerprint density at radius 3 is 2.62 bits per heavy atom. The molecule has 0 aliphatic carbocycles. The normalized spacial score (nSPS) is 11.0. The van der Waals surface area contributed by atoms with Crippen molar-refractivity contribution in [3.63, 3.8) is 0 Å². The van der Waals surface area contributed by atoms with Crippen molar-refractivity contribution in [3.05, 3.63) is 71.7 Å². The predicted octanol–water partition coefficient (Wildman–Crippen LogP) is 3.79. The number of carbonyl (C=O) groups excluding carboxylic acids is 1. The number of aromatic nitrogens is 3. The van der Waals surface area contributed by atoms with Crippen molar-refractivity contribution >= 4 is 17.4 Å². The maximum absolute atomic E-state index is 12.7. The number of nitrogens with one attached hydrogen (secondary N) is 1. The van der Waals surface area contributed by atoms with E-state index >= 15 is 0 Å². The van der Waals surface area contributed by atoms with Gasteiger partial charge in [-0.25, -0.2) is 4.98 Å². The van der Waals surface area contributed by atoms with Crippen LogP contribution in [0.2, 0.25) is 0 Å². The summed E-state index contributed by atoms with van der Waals surface area (Å²) in [7, 11) is 0. The molecule has 0 aliphatic heterocycles. The lowest BCUT2D eigenvalue weighted by Crippen LogP contribution is -2.17. The quantitative estimate of drug-likeness (QED) is 0.610. The number of hydrogen-bond donors (Lipinski definition) is 1. The lowest BCUT2D eigenvalue weighted by Gasteiger charge is -2.08. The highest BCUT2D eigenvalue weighted by atomic mass is 16.5. The maximum Gasteiger partial charge on any atom is 0.230 e. The molecule has 0 unspecified atom stereocenters. The largest absolute Gasteiger partial charge is 0.361 e. The number of hydrogen-bond acceptors (Lipinski definition) is 4. The zero-order valence-electron chi connectivity index (χ0n) is 14.6. The molecule has 4 aromatic rings. The molecule has 6 nitrogen and oxygen atoms in total. The number of pyridine rings is 1. The van der Waals surface area contributed by atoms with Gasteiger partial charge in [0.25, 0.3) is 0 Å². The zero-order chi connectivity index (χ0) is 18.1. The molecule has 130 valence electrons. The number of imidazole rings is 1. The molecule has 0 fully saturated rings. The summed E-state index contributed by atoms with van der Waals surface area (Å²) in [5, 5.41) is 6.93. The number of amides is 1. The Balaban J connectivity index is 1.72. The Bertz CT molecular complexity index is 1060. The standard InChI is InChI=1S/C20H18N4O2/c1-13-16(14(2)26-23-13)12-18(25)22-20-19(15-8-4-3-5-9-15)21-17-10-6-7-11-24(17)20/h3-11H,12H2,1-2H3,(H,22,25). The molecule has 3 heterocycles. The minimum absolute atomic E-state index is 0.137. The Morgan fingerprint density at radius 2 is 1.88 bits per heavy atom. The molecular weight excluding hydrogens is 328 g/mol. The molecule has 0 spiro atoms. The van der Waals surface area contributed by atoms with Crippen LogP contribution >= 0.6 is 0 Å². The van der Waals surface area contributed by atoms with Gasteiger partial charge in [0, 0.05) is 17.3 Å². The SMILES string of the molecule is Cc1noc(C)c1CC(=O)Nc1c(-c2ccccc2)nc2ccccn12.